The number of rotatable bonds is 12. The van der Waals surface area contributed by atoms with Gasteiger partial charge in [-0.2, -0.15) is 5.10 Å². The number of benzene rings is 3. The number of ether oxygens (including phenoxy) is 3. The van der Waals surface area contributed by atoms with Crippen molar-refractivity contribution in [2.75, 3.05) is 14.2 Å². The van der Waals surface area contributed by atoms with E-state index in [2.05, 4.69) is 16.6 Å². The Kier molecular flexibility index (Phi) is 9.39. The van der Waals surface area contributed by atoms with Gasteiger partial charge in [0.2, 0.25) is 5.91 Å². The normalized spacial score (nSPS) is 10.8. The van der Waals surface area contributed by atoms with Gasteiger partial charge in [-0.1, -0.05) is 12.1 Å². The van der Waals surface area contributed by atoms with Gasteiger partial charge in [0.05, 0.1) is 25.4 Å². The number of nitro groups is 1. The van der Waals surface area contributed by atoms with E-state index in [4.69, 9.17) is 14.2 Å². The van der Waals surface area contributed by atoms with Gasteiger partial charge in [-0.15, -0.1) is 0 Å². The number of carbonyl (C=O) groups excluding carboxylic acids is 1. The van der Waals surface area contributed by atoms with Crippen LogP contribution in [-0.2, 0) is 17.8 Å². The average molecular weight is 492 g/mol. The minimum absolute atomic E-state index is 0.0272. The molecular formula is C27H29N3O6. The van der Waals surface area contributed by atoms with Crippen molar-refractivity contribution in [2.24, 2.45) is 5.10 Å². The Morgan fingerprint density at radius 2 is 1.67 bits per heavy atom. The van der Waals surface area contributed by atoms with Gasteiger partial charge in [-0.3, -0.25) is 14.9 Å². The number of nitro benzene ring substituents is 1. The number of nitrogens with one attached hydrogen (secondary N) is 1. The molecule has 0 saturated heterocycles. The monoisotopic (exact) mass is 491 g/mol. The van der Waals surface area contributed by atoms with Gasteiger partial charge in [0.1, 0.15) is 12.4 Å². The molecule has 9 heteroatoms. The fraction of sp³-hybridized carbons (Fsp3) is 0.259. The summed E-state index contributed by atoms with van der Waals surface area (Å²) in [6.07, 6.45) is 3.40. The summed E-state index contributed by atoms with van der Waals surface area (Å²) >= 11 is 0. The Morgan fingerprint density at radius 3 is 2.33 bits per heavy atom. The second-order valence-corrected chi connectivity index (χ2v) is 8.07. The van der Waals surface area contributed by atoms with E-state index in [0.717, 1.165) is 34.4 Å². The van der Waals surface area contributed by atoms with Gasteiger partial charge >= 0.3 is 0 Å². The highest BCUT2D eigenvalue weighted by atomic mass is 16.6. The lowest BCUT2D eigenvalue weighted by Gasteiger charge is -2.11. The highest BCUT2D eigenvalue weighted by Crippen LogP contribution is 2.28. The van der Waals surface area contributed by atoms with Crippen LogP contribution in [0.4, 0.5) is 5.69 Å². The summed E-state index contributed by atoms with van der Waals surface area (Å²) < 4.78 is 16.5. The van der Waals surface area contributed by atoms with Crippen LogP contribution >= 0.6 is 0 Å². The smallest absolute Gasteiger partial charge is 0.269 e. The molecule has 0 spiro atoms. The van der Waals surface area contributed by atoms with Crippen molar-refractivity contribution in [3.8, 4) is 17.2 Å². The first-order valence-corrected chi connectivity index (χ1v) is 11.4. The summed E-state index contributed by atoms with van der Waals surface area (Å²) in [4.78, 5) is 22.4. The van der Waals surface area contributed by atoms with Crippen LogP contribution in [0.15, 0.2) is 65.8 Å². The summed E-state index contributed by atoms with van der Waals surface area (Å²) in [5.74, 6) is 1.71. The quantitative estimate of drug-likeness (QED) is 0.217. The molecule has 3 rings (SSSR count). The number of methoxy groups -OCH3 is 2. The number of aryl methyl sites for hydroxylation is 2. The van der Waals surface area contributed by atoms with Gasteiger partial charge in [-0.05, 0) is 78.4 Å². The lowest BCUT2D eigenvalue weighted by atomic mass is 10.1. The molecule has 0 bridgehead atoms. The highest BCUT2D eigenvalue weighted by molar-refractivity contribution is 5.83. The van der Waals surface area contributed by atoms with Crippen LogP contribution in [0, 0.1) is 17.0 Å². The van der Waals surface area contributed by atoms with Gasteiger partial charge in [0, 0.05) is 18.6 Å². The molecule has 0 aliphatic rings. The Bertz CT molecular complexity index is 1220. The van der Waals surface area contributed by atoms with E-state index in [1.165, 1.54) is 25.5 Å². The molecule has 3 aromatic rings. The molecule has 0 aliphatic carbocycles. The molecule has 1 N–H and O–H groups in total. The second kappa shape index (κ2) is 12.9. The summed E-state index contributed by atoms with van der Waals surface area (Å²) in [7, 11) is 3.18. The molecule has 188 valence electrons. The molecule has 0 aromatic heterocycles. The second-order valence-electron chi connectivity index (χ2n) is 8.07. The van der Waals surface area contributed by atoms with E-state index in [9.17, 15) is 14.9 Å². The molecule has 0 atom stereocenters. The first-order valence-electron chi connectivity index (χ1n) is 11.4. The van der Waals surface area contributed by atoms with Crippen molar-refractivity contribution in [1.82, 2.24) is 5.43 Å². The first-order chi connectivity index (χ1) is 17.4. The average Bonchev–Trinajstić information content (AvgIpc) is 2.88. The predicted octanol–water partition coefficient (Wildman–Crippen LogP) is 4.97. The number of amides is 1. The zero-order valence-corrected chi connectivity index (χ0v) is 20.5. The summed E-state index contributed by atoms with van der Waals surface area (Å²) in [5.41, 5.74) is 6.32. The molecule has 0 unspecified atom stereocenters. The van der Waals surface area contributed by atoms with E-state index in [1.807, 2.05) is 19.1 Å². The maximum atomic E-state index is 12.1. The van der Waals surface area contributed by atoms with Crippen molar-refractivity contribution in [2.45, 2.75) is 32.8 Å². The topological polar surface area (TPSA) is 112 Å². The third-order valence-corrected chi connectivity index (χ3v) is 5.46. The van der Waals surface area contributed by atoms with Crippen molar-refractivity contribution < 1.29 is 23.9 Å². The zero-order chi connectivity index (χ0) is 25.9. The summed E-state index contributed by atoms with van der Waals surface area (Å²) in [6, 6.07) is 17.4. The molecule has 0 aliphatic heterocycles. The fourth-order valence-electron chi connectivity index (χ4n) is 3.54. The maximum Gasteiger partial charge on any atom is 0.269 e. The van der Waals surface area contributed by atoms with E-state index in [1.54, 1.807) is 37.4 Å². The molecule has 9 nitrogen and oxygen atoms in total. The molecule has 1 amide bonds. The number of hydrogen-bond donors (Lipinski definition) is 1. The number of hydrazone groups is 1. The van der Waals surface area contributed by atoms with Gasteiger partial charge in [0.15, 0.2) is 11.5 Å². The number of nitrogens with zero attached hydrogens (tertiary/aromatic N) is 2. The molecule has 0 heterocycles. The maximum absolute atomic E-state index is 12.1. The first kappa shape index (κ1) is 26.2. The molecule has 0 radical (unpaired) electrons. The number of non-ortho nitro benzene ring substituents is 1. The van der Waals surface area contributed by atoms with Gasteiger partial charge in [-0.25, -0.2) is 5.43 Å². The van der Waals surface area contributed by atoms with Crippen LogP contribution in [0.25, 0.3) is 0 Å². The molecule has 36 heavy (non-hydrogen) atoms. The van der Waals surface area contributed by atoms with Crippen LogP contribution in [-0.4, -0.2) is 31.3 Å². The lowest BCUT2D eigenvalue weighted by Crippen LogP contribution is -2.17. The van der Waals surface area contributed by atoms with Crippen LogP contribution in [0.3, 0.4) is 0 Å². The van der Waals surface area contributed by atoms with Gasteiger partial charge in [0.25, 0.3) is 5.69 Å². The minimum atomic E-state index is -0.445. The SMILES string of the molecule is COc1ccc(CCCC(=O)N/N=C/c2ccc(OCc3ccc([N+](=O)[O-])cc3)c(OC)c2)cc1C. The Hall–Kier alpha value is -4.40. The molecule has 0 fully saturated rings. The molecular weight excluding hydrogens is 462 g/mol. The highest BCUT2D eigenvalue weighted by Gasteiger charge is 2.08. The van der Waals surface area contributed by atoms with Gasteiger partial charge < -0.3 is 14.2 Å². The lowest BCUT2D eigenvalue weighted by molar-refractivity contribution is -0.384. The van der Waals surface area contributed by atoms with E-state index < -0.39 is 4.92 Å². The zero-order valence-electron chi connectivity index (χ0n) is 20.5. The van der Waals surface area contributed by atoms with Crippen LogP contribution < -0.4 is 19.6 Å². The Morgan fingerprint density at radius 1 is 0.972 bits per heavy atom. The Labute approximate surface area is 209 Å². The van der Waals surface area contributed by atoms with E-state index >= 15 is 0 Å². The number of hydrogen-bond acceptors (Lipinski definition) is 7. The van der Waals surface area contributed by atoms with Crippen molar-refractivity contribution in [1.29, 1.82) is 0 Å². The van der Waals surface area contributed by atoms with Crippen molar-refractivity contribution in [3.05, 3.63) is 93.0 Å². The van der Waals surface area contributed by atoms with E-state index in [-0.39, 0.29) is 18.2 Å². The predicted molar refractivity (Wildman–Crippen MR) is 137 cm³/mol. The summed E-state index contributed by atoms with van der Waals surface area (Å²) in [6.45, 7) is 2.23. The largest absolute Gasteiger partial charge is 0.496 e. The third kappa shape index (κ3) is 7.56. The molecule has 3 aromatic carbocycles. The van der Waals surface area contributed by atoms with Crippen LogP contribution in [0.1, 0.15) is 35.1 Å². The van der Waals surface area contributed by atoms with Crippen LogP contribution in [0.2, 0.25) is 0 Å². The van der Waals surface area contributed by atoms with Crippen LogP contribution in [0.5, 0.6) is 17.2 Å². The third-order valence-electron chi connectivity index (χ3n) is 5.46. The number of carbonyl (C=O) groups is 1. The Balaban J connectivity index is 1.47. The van der Waals surface area contributed by atoms with Crippen molar-refractivity contribution in [3.63, 3.8) is 0 Å². The minimum Gasteiger partial charge on any atom is -0.496 e. The fourth-order valence-corrected chi connectivity index (χ4v) is 3.54. The molecule has 0 saturated carbocycles. The van der Waals surface area contributed by atoms with Crippen molar-refractivity contribution >= 4 is 17.8 Å². The standard InChI is InChI=1S/C27H29N3O6/c1-19-15-20(9-13-24(19)34-2)5-4-6-27(31)29-28-17-22-10-14-25(26(16-22)35-3)36-18-21-7-11-23(12-8-21)30(32)33/h7-17H,4-6,18H2,1-3H3,(H,29,31)/b28-17+. The van der Waals surface area contributed by atoms with E-state index in [0.29, 0.717) is 24.3 Å². The summed E-state index contributed by atoms with van der Waals surface area (Å²) in [5, 5.41) is 14.8.